The van der Waals surface area contributed by atoms with Crippen molar-refractivity contribution in [3.05, 3.63) is 0 Å². The third-order valence-electron chi connectivity index (χ3n) is 4.17. The molecule has 0 aromatic heterocycles. The Morgan fingerprint density at radius 2 is 1.73 bits per heavy atom. The highest BCUT2D eigenvalue weighted by atomic mass is 16.5. The predicted molar refractivity (Wildman–Crippen MR) is 92.6 cm³/mol. The van der Waals surface area contributed by atoms with Crippen molar-refractivity contribution in [3.8, 4) is 0 Å². The van der Waals surface area contributed by atoms with Crippen LogP contribution in [0.2, 0.25) is 5.82 Å². The Morgan fingerprint density at radius 3 is 2.32 bits per heavy atom. The summed E-state index contributed by atoms with van der Waals surface area (Å²) in [5.41, 5.74) is 0. The number of rotatable bonds is 11. The van der Waals surface area contributed by atoms with Crippen LogP contribution < -0.4 is 0 Å². The average molecular weight is 310 g/mol. The molecule has 0 aromatic rings. The van der Waals surface area contributed by atoms with Gasteiger partial charge in [0.05, 0.1) is 38.9 Å². The van der Waals surface area contributed by atoms with E-state index >= 15 is 0 Å². The van der Waals surface area contributed by atoms with Gasteiger partial charge in [-0.1, -0.05) is 26.2 Å². The van der Waals surface area contributed by atoms with Crippen LogP contribution in [0.4, 0.5) is 0 Å². The SMILES string of the molecule is [B][C@@H]1C[C@H](COC(C)C)C(OC(C)C)C1OCCCCCC. The summed E-state index contributed by atoms with van der Waals surface area (Å²) in [4.78, 5) is 0. The maximum atomic E-state index is 6.32. The monoisotopic (exact) mass is 310 g/mol. The summed E-state index contributed by atoms with van der Waals surface area (Å²) in [6.45, 7) is 12.0. The number of ether oxygens (including phenoxy) is 3. The molecule has 1 rings (SSSR count). The van der Waals surface area contributed by atoms with Crippen molar-refractivity contribution in [1.82, 2.24) is 0 Å². The molecule has 1 saturated carbocycles. The van der Waals surface area contributed by atoms with Gasteiger partial charge in [0.1, 0.15) is 0 Å². The normalized spacial score (nSPS) is 28.9. The first-order chi connectivity index (χ1) is 10.5. The summed E-state index contributed by atoms with van der Waals surface area (Å²) in [6, 6.07) is 0. The Hall–Kier alpha value is -0.0551. The third kappa shape index (κ3) is 7.01. The number of unbranched alkanes of at least 4 members (excludes halogenated alkanes) is 3. The fraction of sp³-hybridized carbons (Fsp3) is 1.00. The minimum absolute atomic E-state index is 0.00443. The fourth-order valence-electron chi connectivity index (χ4n) is 3.08. The molecule has 1 fully saturated rings. The Morgan fingerprint density at radius 1 is 1.00 bits per heavy atom. The van der Waals surface area contributed by atoms with E-state index in [1.807, 2.05) is 0 Å². The molecule has 1 aliphatic rings. The van der Waals surface area contributed by atoms with Crippen molar-refractivity contribution in [2.75, 3.05) is 13.2 Å². The zero-order chi connectivity index (χ0) is 16.5. The highest BCUT2D eigenvalue weighted by Gasteiger charge is 2.42. The third-order valence-corrected chi connectivity index (χ3v) is 4.17. The van der Waals surface area contributed by atoms with E-state index in [2.05, 4.69) is 34.6 Å². The van der Waals surface area contributed by atoms with Crippen LogP contribution in [0.15, 0.2) is 0 Å². The molecular formula is C18H35BO3. The van der Waals surface area contributed by atoms with Crippen LogP contribution in [0, 0.1) is 5.92 Å². The number of hydrogen-bond acceptors (Lipinski definition) is 3. The summed E-state index contributed by atoms with van der Waals surface area (Å²) >= 11 is 0. The minimum atomic E-state index is 0.00443. The van der Waals surface area contributed by atoms with E-state index in [0.717, 1.165) is 19.4 Å². The first-order valence-electron chi connectivity index (χ1n) is 9.09. The highest BCUT2D eigenvalue weighted by Crippen LogP contribution is 2.39. The number of hydrogen-bond donors (Lipinski definition) is 0. The Labute approximate surface area is 138 Å². The van der Waals surface area contributed by atoms with Crippen molar-refractivity contribution < 1.29 is 14.2 Å². The van der Waals surface area contributed by atoms with Crippen LogP contribution in [-0.4, -0.2) is 45.5 Å². The average Bonchev–Trinajstić information content (AvgIpc) is 2.72. The second-order valence-corrected chi connectivity index (χ2v) is 7.09. The van der Waals surface area contributed by atoms with E-state index in [0.29, 0.717) is 12.5 Å². The molecule has 22 heavy (non-hydrogen) atoms. The van der Waals surface area contributed by atoms with E-state index in [1.165, 1.54) is 19.3 Å². The van der Waals surface area contributed by atoms with Crippen LogP contribution in [-0.2, 0) is 14.2 Å². The zero-order valence-electron chi connectivity index (χ0n) is 15.2. The maximum absolute atomic E-state index is 6.32. The standard InChI is InChI=1S/C18H35BO3/c1-6-7-8-9-10-20-18-16(19)11-15(12-21-13(2)3)17(18)22-14(4)5/h13-18H,6-12H2,1-5H3/t15-,16-,17?,18?/m1/s1. The summed E-state index contributed by atoms with van der Waals surface area (Å²) in [5, 5.41) is 0. The molecule has 1 aliphatic carbocycles. The van der Waals surface area contributed by atoms with Crippen molar-refractivity contribution in [2.24, 2.45) is 5.92 Å². The van der Waals surface area contributed by atoms with Crippen LogP contribution in [0.1, 0.15) is 66.7 Å². The lowest BCUT2D eigenvalue weighted by Crippen LogP contribution is -2.36. The lowest BCUT2D eigenvalue weighted by molar-refractivity contribution is -0.106. The molecule has 0 spiro atoms. The fourth-order valence-corrected chi connectivity index (χ4v) is 3.08. The molecule has 0 saturated heterocycles. The molecule has 4 heteroatoms. The van der Waals surface area contributed by atoms with Gasteiger partial charge < -0.3 is 14.2 Å². The van der Waals surface area contributed by atoms with Gasteiger partial charge in [0.15, 0.2) is 0 Å². The molecule has 3 nitrogen and oxygen atoms in total. The van der Waals surface area contributed by atoms with E-state index in [1.54, 1.807) is 0 Å². The molecule has 0 amide bonds. The van der Waals surface area contributed by atoms with Crippen LogP contribution in [0.25, 0.3) is 0 Å². The van der Waals surface area contributed by atoms with Crippen LogP contribution >= 0.6 is 0 Å². The molecule has 0 aromatic carbocycles. The van der Waals surface area contributed by atoms with Gasteiger partial charge in [0.25, 0.3) is 0 Å². The minimum Gasteiger partial charge on any atom is -0.378 e. The largest absolute Gasteiger partial charge is 0.378 e. The summed E-state index contributed by atoms with van der Waals surface area (Å²) in [5.74, 6) is 0.385. The molecule has 2 radical (unpaired) electrons. The van der Waals surface area contributed by atoms with Crippen molar-refractivity contribution in [1.29, 1.82) is 0 Å². The van der Waals surface area contributed by atoms with Crippen molar-refractivity contribution >= 4 is 7.85 Å². The smallest absolute Gasteiger partial charge is 0.0885 e. The van der Waals surface area contributed by atoms with Gasteiger partial charge in [-0.15, -0.1) is 0 Å². The van der Waals surface area contributed by atoms with Gasteiger partial charge in [-0.05, 0) is 46.4 Å². The van der Waals surface area contributed by atoms with E-state index in [4.69, 9.17) is 22.1 Å². The summed E-state index contributed by atoms with van der Waals surface area (Å²) < 4.78 is 18.0. The first kappa shape index (κ1) is 20.0. The molecule has 0 heterocycles. The van der Waals surface area contributed by atoms with E-state index in [9.17, 15) is 0 Å². The Kier molecular flexibility index (Phi) is 9.69. The Bertz CT molecular complexity index is 284. The second kappa shape index (κ2) is 10.7. The maximum Gasteiger partial charge on any atom is 0.0885 e. The molecule has 0 N–H and O–H groups in total. The Balaban J connectivity index is 2.51. The molecule has 0 aliphatic heterocycles. The molecule has 128 valence electrons. The summed E-state index contributed by atoms with van der Waals surface area (Å²) in [7, 11) is 6.32. The topological polar surface area (TPSA) is 27.7 Å². The first-order valence-corrected chi connectivity index (χ1v) is 9.09. The van der Waals surface area contributed by atoms with Gasteiger partial charge in [0.2, 0.25) is 0 Å². The van der Waals surface area contributed by atoms with Crippen molar-refractivity contribution in [2.45, 2.75) is 97.0 Å². The zero-order valence-corrected chi connectivity index (χ0v) is 15.2. The van der Waals surface area contributed by atoms with Crippen LogP contribution in [0.5, 0.6) is 0 Å². The molecule has 0 bridgehead atoms. The van der Waals surface area contributed by atoms with Crippen LogP contribution in [0.3, 0.4) is 0 Å². The van der Waals surface area contributed by atoms with E-state index < -0.39 is 0 Å². The lowest BCUT2D eigenvalue weighted by atomic mass is 9.83. The van der Waals surface area contributed by atoms with Crippen molar-refractivity contribution in [3.63, 3.8) is 0 Å². The van der Waals surface area contributed by atoms with Gasteiger partial charge in [0, 0.05) is 12.5 Å². The van der Waals surface area contributed by atoms with Gasteiger partial charge in [-0.2, -0.15) is 0 Å². The summed E-state index contributed by atoms with van der Waals surface area (Å²) in [6.07, 6.45) is 6.27. The highest BCUT2D eigenvalue weighted by molar-refractivity contribution is 6.12. The lowest BCUT2D eigenvalue weighted by Gasteiger charge is -2.29. The predicted octanol–water partition coefficient (Wildman–Crippen LogP) is 4.15. The quantitative estimate of drug-likeness (QED) is 0.424. The van der Waals surface area contributed by atoms with Gasteiger partial charge in [-0.3, -0.25) is 0 Å². The molecular weight excluding hydrogens is 275 g/mol. The second-order valence-electron chi connectivity index (χ2n) is 7.09. The van der Waals surface area contributed by atoms with E-state index in [-0.39, 0.29) is 30.2 Å². The van der Waals surface area contributed by atoms with Gasteiger partial charge >= 0.3 is 0 Å². The molecule has 2 unspecified atom stereocenters. The van der Waals surface area contributed by atoms with Gasteiger partial charge in [-0.25, -0.2) is 0 Å². The molecule has 4 atom stereocenters.